The van der Waals surface area contributed by atoms with Crippen molar-refractivity contribution in [2.75, 3.05) is 0 Å². The van der Waals surface area contributed by atoms with Gasteiger partial charge in [-0.05, 0) is 31.4 Å². The van der Waals surface area contributed by atoms with Crippen LogP contribution >= 0.6 is 0 Å². The second-order valence-electron chi connectivity index (χ2n) is 6.24. The summed E-state index contributed by atoms with van der Waals surface area (Å²) in [6.07, 6.45) is 11.7. The fourth-order valence-electron chi connectivity index (χ4n) is 3.18. The molecule has 3 rings (SSSR count). The van der Waals surface area contributed by atoms with Crippen molar-refractivity contribution in [2.24, 2.45) is 0 Å². The maximum atomic E-state index is 10.5. The molecule has 0 aliphatic heterocycles. The summed E-state index contributed by atoms with van der Waals surface area (Å²) in [5, 5.41) is 20.9. The molecule has 0 amide bonds. The van der Waals surface area contributed by atoms with Crippen molar-refractivity contribution < 1.29 is 14.6 Å². The molecule has 25 heavy (non-hydrogen) atoms. The van der Waals surface area contributed by atoms with E-state index < -0.39 is 0 Å². The largest absolute Gasteiger partial charge is 0.503 e. The highest BCUT2D eigenvalue weighted by Crippen LogP contribution is 2.42. The molecule has 3 aromatic rings. The van der Waals surface area contributed by atoms with E-state index in [9.17, 15) is 10.2 Å². The average Bonchev–Trinajstić information content (AvgIpc) is 3.34. The molecule has 0 bridgehead atoms. The van der Waals surface area contributed by atoms with E-state index in [4.69, 9.17) is 4.42 Å². The summed E-state index contributed by atoms with van der Waals surface area (Å²) < 4.78 is 9.32. The van der Waals surface area contributed by atoms with Gasteiger partial charge in [0.05, 0.1) is 18.3 Å². The van der Waals surface area contributed by atoms with Gasteiger partial charge >= 0.3 is 0 Å². The quantitative estimate of drug-likeness (QED) is 0.572. The third-order valence-electron chi connectivity index (χ3n) is 4.45. The summed E-state index contributed by atoms with van der Waals surface area (Å²) >= 11 is 0. The van der Waals surface area contributed by atoms with Crippen LogP contribution in [0.15, 0.2) is 41.5 Å². The van der Waals surface area contributed by atoms with Crippen LogP contribution in [0.3, 0.4) is 0 Å². The first kappa shape index (κ1) is 17.2. The van der Waals surface area contributed by atoms with Gasteiger partial charge in [-0.2, -0.15) is 0 Å². The highest BCUT2D eigenvalue weighted by atomic mass is 16.3. The SMILES string of the molecule is CCCCCc1c(O)c(O)n(CCCn2ccnc2)c1-c1ccco1. The van der Waals surface area contributed by atoms with Gasteiger partial charge in [-0.25, -0.2) is 4.98 Å². The standard InChI is InChI=1S/C19H25N3O3/c1-2-3-4-7-15-17(16-8-5-13-25-16)22(19(24)18(15)23)11-6-10-21-12-9-20-14-21/h5,8-9,12-14,23-24H,2-4,6-7,10-11H2,1H3. The average molecular weight is 343 g/mol. The van der Waals surface area contributed by atoms with Crippen LogP contribution < -0.4 is 0 Å². The third-order valence-corrected chi connectivity index (χ3v) is 4.45. The van der Waals surface area contributed by atoms with Crippen molar-refractivity contribution in [3.8, 4) is 23.1 Å². The van der Waals surface area contributed by atoms with Gasteiger partial charge in [-0.3, -0.25) is 0 Å². The van der Waals surface area contributed by atoms with Crippen LogP contribution in [0.2, 0.25) is 0 Å². The number of aryl methyl sites for hydroxylation is 1. The summed E-state index contributed by atoms with van der Waals surface area (Å²) in [6, 6.07) is 3.69. The van der Waals surface area contributed by atoms with E-state index in [1.54, 1.807) is 23.4 Å². The fourth-order valence-corrected chi connectivity index (χ4v) is 3.18. The Morgan fingerprint density at radius 3 is 2.72 bits per heavy atom. The van der Waals surface area contributed by atoms with Crippen molar-refractivity contribution in [3.63, 3.8) is 0 Å². The van der Waals surface area contributed by atoms with Crippen molar-refractivity contribution in [1.29, 1.82) is 0 Å². The second-order valence-corrected chi connectivity index (χ2v) is 6.24. The van der Waals surface area contributed by atoms with Crippen LogP contribution in [-0.4, -0.2) is 24.3 Å². The summed E-state index contributed by atoms with van der Waals surface area (Å²) in [7, 11) is 0. The Morgan fingerprint density at radius 2 is 2.04 bits per heavy atom. The number of nitrogens with zero attached hydrogens (tertiary/aromatic N) is 3. The fraction of sp³-hybridized carbons (Fsp3) is 0.421. The Balaban J connectivity index is 1.85. The maximum absolute atomic E-state index is 10.5. The van der Waals surface area contributed by atoms with Gasteiger partial charge in [0.2, 0.25) is 5.88 Å². The minimum absolute atomic E-state index is 0.0230. The van der Waals surface area contributed by atoms with Crippen molar-refractivity contribution in [2.45, 2.75) is 52.1 Å². The summed E-state index contributed by atoms with van der Waals surface area (Å²) in [4.78, 5) is 4.04. The summed E-state index contributed by atoms with van der Waals surface area (Å²) in [5.41, 5.74) is 1.55. The summed E-state index contributed by atoms with van der Waals surface area (Å²) in [5.74, 6) is 0.568. The number of hydrogen-bond acceptors (Lipinski definition) is 4. The van der Waals surface area contributed by atoms with E-state index in [1.165, 1.54) is 0 Å². The molecule has 2 N–H and O–H groups in total. The van der Waals surface area contributed by atoms with Gasteiger partial charge in [-0.1, -0.05) is 19.8 Å². The van der Waals surface area contributed by atoms with Gasteiger partial charge in [0, 0.05) is 31.0 Å². The van der Waals surface area contributed by atoms with Crippen LogP contribution in [0.4, 0.5) is 0 Å². The molecule has 0 radical (unpaired) electrons. The predicted molar refractivity (Wildman–Crippen MR) is 95.5 cm³/mol. The topological polar surface area (TPSA) is 76.3 Å². The van der Waals surface area contributed by atoms with Crippen molar-refractivity contribution in [3.05, 3.63) is 42.7 Å². The number of rotatable bonds is 9. The molecule has 0 unspecified atom stereocenters. The van der Waals surface area contributed by atoms with E-state index in [0.717, 1.165) is 49.9 Å². The molecule has 0 aliphatic carbocycles. The molecule has 3 heterocycles. The molecule has 0 aliphatic rings. The van der Waals surface area contributed by atoms with Gasteiger partial charge in [0.1, 0.15) is 0 Å². The van der Waals surface area contributed by atoms with Gasteiger partial charge < -0.3 is 23.8 Å². The number of aromatic nitrogens is 3. The zero-order valence-electron chi connectivity index (χ0n) is 14.6. The van der Waals surface area contributed by atoms with Crippen LogP contribution in [0, 0.1) is 0 Å². The van der Waals surface area contributed by atoms with Crippen molar-refractivity contribution in [1.82, 2.24) is 14.1 Å². The van der Waals surface area contributed by atoms with Crippen LogP contribution in [0.5, 0.6) is 11.6 Å². The first-order chi connectivity index (χ1) is 12.2. The minimum Gasteiger partial charge on any atom is -0.503 e. The Labute approximate surface area is 147 Å². The molecule has 0 aromatic carbocycles. The number of aromatic hydroxyl groups is 2. The first-order valence-corrected chi connectivity index (χ1v) is 8.85. The lowest BCUT2D eigenvalue weighted by molar-refractivity contribution is 0.366. The first-order valence-electron chi connectivity index (χ1n) is 8.85. The highest BCUT2D eigenvalue weighted by Gasteiger charge is 2.24. The molecule has 134 valence electrons. The van der Waals surface area contributed by atoms with E-state index in [1.807, 2.05) is 22.9 Å². The number of furan rings is 1. The minimum atomic E-state index is -0.0801. The lowest BCUT2D eigenvalue weighted by atomic mass is 10.1. The molecule has 0 atom stereocenters. The van der Waals surface area contributed by atoms with Crippen molar-refractivity contribution >= 4 is 0 Å². The lowest BCUT2D eigenvalue weighted by Gasteiger charge is -2.10. The Bertz CT molecular complexity index is 774. The molecular weight excluding hydrogens is 318 g/mol. The Morgan fingerprint density at radius 1 is 1.16 bits per heavy atom. The molecule has 6 heteroatoms. The zero-order valence-corrected chi connectivity index (χ0v) is 14.6. The zero-order chi connectivity index (χ0) is 17.6. The molecule has 0 fully saturated rings. The Kier molecular flexibility index (Phi) is 5.48. The van der Waals surface area contributed by atoms with E-state index in [2.05, 4.69) is 11.9 Å². The maximum Gasteiger partial charge on any atom is 0.235 e. The molecule has 0 spiro atoms. The third kappa shape index (κ3) is 3.73. The molecular formula is C19H25N3O3. The lowest BCUT2D eigenvalue weighted by Crippen LogP contribution is -2.04. The number of unbranched alkanes of at least 4 members (excludes halogenated alkanes) is 2. The number of imidazole rings is 1. The molecule has 0 saturated heterocycles. The number of hydrogen-bond donors (Lipinski definition) is 2. The molecule has 6 nitrogen and oxygen atoms in total. The van der Waals surface area contributed by atoms with Gasteiger partial charge in [0.25, 0.3) is 0 Å². The smallest absolute Gasteiger partial charge is 0.235 e. The summed E-state index contributed by atoms with van der Waals surface area (Å²) in [6.45, 7) is 3.52. The van der Waals surface area contributed by atoms with E-state index in [-0.39, 0.29) is 11.6 Å². The highest BCUT2D eigenvalue weighted by molar-refractivity contribution is 5.67. The predicted octanol–water partition coefficient (Wildman–Crippen LogP) is 4.18. The second kappa shape index (κ2) is 7.96. The van der Waals surface area contributed by atoms with E-state index in [0.29, 0.717) is 12.3 Å². The van der Waals surface area contributed by atoms with Gasteiger partial charge in [0.15, 0.2) is 11.5 Å². The monoisotopic (exact) mass is 343 g/mol. The normalized spacial score (nSPS) is 11.2. The Hall–Kier alpha value is -2.63. The van der Waals surface area contributed by atoms with Crippen LogP contribution in [0.25, 0.3) is 11.5 Å². The van der Waals surface area contributed by atoms with Gasteiger partial charge in [-0.15, -0.1) is 0 Å². The van der Waals surface area contributed by atoms with Crippen LogP contribution in [0.1, 0.15) is 38.2 Å². The molecule has 3 aromatic heterocycles. The van der Waals surface area contributed by atoms with Crippen LogP contribution in [-0.2, 0) is 19.5 Å². The van der Waals surface area contributed by atoms with E-state index >= 15 is 0 Å². The molecule has 0 saturated carbocycles.